The van der Waals surface area contributed by atoms with Crippen molar-refractivity contribution >= 4 is 0 Å². The van der Waals surface area contributed by atoms with E-state index in [1.165, 1.54) is 0 Å². The lowest BCUT2D eigenvalue weighted by Crippen LogP contribution is -2.25. The van der Waals surface area contributed by atoms with Gasteiger partial charge in [0.25, 0.3) is 0 Å². The Morgan fingerprint density at radius 1 is 1.26 bits per heavy atom. The van der Waals surface area contributed by atoms with Crippen molar-refractivity contribution in [3.8, 4) is 0 Å². The maximum absolute atomic E-state index is 14.9. The van der Waals surface area contributed by atoms with Crippen molar-refractivity contribution in [2.24, 2.45) is 11.8 Å². The topological polar surface area (TPSA) is 30.7 Å². The predicted octanol–water partition coefficient (Wildman–Crippen LogP) is 4.04. The average molecular weight is 267 g/mol. The summed E-state index contributed by atoms with van der Waals surface area (Å²) in [6, 6.07) is 0.240. The Kier molecular flexibility index (Phi) is 3.98. The Labute approximate surface area is 115 Å². The summed E-state index contributed by atoms with van der Waals surface area (Å²) in [5.74, 6) is 1.21. The van der Waals surface area contributed by atoms with Crippen molar-refractivity contribution < 1.29 is 4.39 Å². The van der Waals surface area contributed by atoms with Crippen LogP contribution in [-0.2, 0) is 12.1 Å². The minimum Gasteiger partial charge on any atom is -0.247 e. The van der Waals surface area contributed by atoms with E-state index >= 15 is 0 Å². The minimum absolute atomic E-state index is 0.240. The standard InChI is InChI=1S/C15H26FN3/c1-10(2)12-6-7-13-14(15(5,16)9-8-12)17-18-19(13)11(3)4/h10-12H,6-9H2,1-5H3. The number of hydrogen-bond acceptors (Lipinski definition) is 2. The zero-order valence-corrected chi connectivity index (χ0v) is 12.8. The van der Waals surface area contributed by atoms with Gasteiger partial charge < -0.3 is 0 Å². The van der Waals surface area contributed by atoms with Crippen LogP contribution in [0.1, 0.15) is 71.3 Å². The molecule has 2 atom stereocenters. The molecule has 0 amide bonds. The second kappa shape index (κ2) is 5.22. The van der Waals surface area contributed by atoms with Gasteiger partial charge in [0.2, 0.25) is 0 Å². The molecule has 1 heterocycles. The molecule has 0 spiro atoms. The second-order valence-electron chi connectivity index (χ2n) is 6.70. The highest BCUT2D eigenvalue weighted by molar-refractivity contribution is 5.19. The maximum Gasteiger partial charge on any atom is 0.153 e. The summed E-state index contributed by atoms with van der Waals surface area (Å²) in [5.41, 5.74) is 0.240. The van der Waals surface area contributed by atoms with Crippen LogP contribution in [0.25, 0.3) is 0 Å². The first kappa shape index (κ1) is 14.5. The van der Waals surface area contributed by atoms with Gasteiger partial charge in [0, 0.05) is 6.04 Å². The Morgan fingerprint density at radius 3 is 2.53 bits per heavy atom. The molecule has 0 saturated heterocycles. The summed E-state index contributed by atoms with van der Waals surface area (Å²) in [7, 11) is 0. The van der Waals surface area contributed by atoms with Gasteiger partial charge in [-0.05, 0) is 58.3 Å². The molecule has 0 fully saturated rings. The summed E-state index contributed by atoms with van der Waals surface area (Å²) in [4.78, 5) is 0. The lowest BCUT2D eigenvalue weighted by molar-refractivity contribution is 0.139. The monoisotopic (exact) mass is 267 g/mol. The molecule has 1 aromatic heterocycles. The number of aromatic nitrogens is 3. The van der Waals surface area contributed by atoms with Crippen molar-refractivity contribution in [1.82, 2.24) is 15.0 Å². The molecule has 0 saturated carbocycles. The van der Waals surface area contributed by atoms with Gasteiger partial charge in [-0.25, -0.2) is 9.07 Å². The molecule has 0 aliphatic heterocycles. The number of rotatable bonds is 2. The minimum atomic E-state index is -1.34. The molecule has 108 valence electrons. The Bertz CT molecular complexity index is 435. The van der Waals surface area contributed by atoms with E-state index in [0.717, 1.165) is 25.0 Å². The molecule has 1 aromatic rings. The third kappa shape index (κ3) is 2.82. The lowest BCUT2D eigenvalue weighted by atomic mass is 9.80. The fraction of sp³-hybridized carbons (Fsp3) is 0.867. The zero-order chi connectivity index (χ0) is 14.2. The van der Waals surface area contributed by atoms with Crippen molar-refractivity contribution in [2.45, 2.75) is 72.0 Å². The molecule has 2 rings (SSSR count). The molecule has 0 N–H and O–H groups in total. The van der Waals surface area contributed by atoms with Gasteiger partial charge >= 0.3 is 0 Å². The molecule has 0 radical (unpaired) electrons. The average Bonchev–Trinajstić information content (AvgIpc) is 2.70. The van der Waals surface area contributed by atoms with E-state index < -0.39 is 5.67 Å². The largest absolute Gasteiger partial charge is 0.247 e. The SMILES string of the molecule is CC(C)C1CCc2c(nnn2C(C)C)C(C)(F)CC1. The van der Waals surface area contributed by atoms with Gasteiger partial charge in [0.05, 0.1) is 5.69 Å². The first-order valence-corrected chi connectivity index (χ1v) is 7.46. The summed E-state index contributed by atoms with van der Waals surface area (Å²) in [6.07, 6.45) is 3.50. The Morgan fingerprint density at radius 2 is 1.95 bits per heavy atom. The summed E-state index contributed by atoms with van der Waals surface area (Å²) >= 11 is 0. The van der Waals surface area contributed by atoms with E-state index in [1.807, 2.05) is 4.68 Å². The lowest BCUT2D eigenvalue weighted by Gasteiger charge is -2.29. The van der Waals surface area contributed by atoms with Crippen LogP contribution < -0.4 is 0 Å². The maximum atomic E-state index is 14.9. The summed E-state index contributed by atoms with van der Waals surface area (Å²) in [6.45, 7) is 10.3. The fourth-order valence-corrected chi connectivity index (χ4v) is 3.07. The molecular weight excluding hydrogens is 241 g/mol. The number of hydrogen-bond donors (Lipinski definition) is 0. The van der Waals surface area contributed by atoms with Crippen molar-refractivity contribution in [3.05, 3.63) is 11.4 Å². The smallest absolute Gasteiger partial charge is 0.153 e. The van der Waals surface area contributed by atoms with E-state index in [-0.39, 0.29) is 6.04 Å². The highest BCUT2D eigenvalue weighted by Gasteiger charge is 2.36. The van der Waals surface area contributed by atoms with Gasteiger partial charge in [0.15, 0.2) is 5.67 Å². The van der Waals surface area contributed by atoms with Crippen molar-refractivity contribution in [3.63, 3.8) is 0 Å². The van der Waals surface area contributed by atoms with Gasteiger partial charge in [-0.15, -0.1) is 5.10 Å². The summed E-state index contributed by atoms with van der Waals surface area (Å²) < 4.78 is 16.8. The second-order valence-corrected chi connectivity index (χ2v) is 6.70. The van der Waals surface area contributed by atoms with Crippen LogP contribution >= 0.6 is 0 Å². The van der Waals surface area contributed by atoms with Gasteiger partial charge in [0.1, 0.15) is 5.69 Å². The summed E-state index contributed by atoms with van der Waals surface area (Å²) in [5, 5.41) is 8.31. The van der Waals surface area contributed by atoms with Gasteiger partial charge in [-0.1, -0.05) is 19.1 Å². The van der Waals surface area contributed by atoms with Crippen LogP contribution in [0.4, 0.5) is 4.39 Å². The predicted molar refractivity (Wildman–Crippen MR) is 74.8 cm³/mol. The Hall–Kier alpha value is -0.930. The number of alkyl halides is 1. The van der Waals surface area contributed by atoms with Gasteiger partial charge in [-0.2, -0.15) is 0 Å². The number of halogens is 1. The van der Waals surface area contributed by atoms with Crippen molar-refractivity contribution in [2.75, 3.05) is 0 Å². The molecule has 0 bridgehead atoms. The molecule has 1 aliphatic rings. The van der Waals surface area contributed by atoms with E-state index in [2.05, 4.69) is 38.0 Å². The first-order valence-electron chi connectivity index (χ1n) is 7.46. The molecule has 3 nitrogen and oxygen atoms in total. The van der Waals surface area contributed by atoms with Crippen LogP contribution in [0, 0.1) is 11.8 Å². The van der Waals surface area contributed by atoms with Gasteiger partial charge in [-0.3, -0.25) is 0 Å². The van der Waals surface area contributed by atoms with Crippen LogP contribution in [0.3, 0.4) is 0 Å². The number of fused-ring (bicyclic) bond motifs is 1. The Balaban J connectivity index is 2.37. The fourth-order valence-electron chi connectivity index (χ4n) is 3.07. The quantitative estimate of drug-likeness (QED) is 0.809. The highest BCUT2D eigenvalue weighted by Crippen LogP contribution is 2.38. The van der Waals surface area contributed by atoms with E-state index in [9.17, 15) is 4.39 Å². The molecule has 19 heavy (non-hydrogen) atoms. The molecule has 1 aliphatic carbocycles. The zero-order valence-electron chi connectivity index (χ0n) is 12.8. The third-order valence-electron chi connectivity index (χ3n) is 4.45. The molecular formula is C15H26FN3. The van der Waals surface area contributed by atoms with E-state index in [1.54, 1.807) is 6.92 Å². The number of nitrogens with zero attached hydrogens (tertiary/aromatic N) is 3. The van der Waals surface area contributed by atoms with E-state index in [0.29, 0.717) is 24.0 Å². The van der Waals surface area contributed by atoms with Crippen LogP contribution in [-0.4, -0.2) is 15.0 Å². The first-order chi connectivity index (χ1) is 8.83. The molecule has 4 heteroatoms. The highest BCUT2D eigenvalue weighted by atomic mass is 19.1. The van der Waals surface area contributed by atoms with Crippen LogP contribution in [0.15, 0.2) is 0 Å². The normalized spacial score (nSPS) is 28.3. The van der Waals surface area contributed by atoms with Crippen LogP contribution in [0.5, 0.6) is 0 Å². The molecule has 2 unspecified atom stereocenters. The van der Waals surface area contributed by atoms with Crippen LogP contribution in [0.2, 0.25) is 0 Å². The van der Waals surface area contributed by atoms with Crippen molar-refractivity contribution in [1.29, 1.82) is 0 Å². The molecule has 0 aromatic carbocycles. The third-order valence-corrected chi connectivity index (χ3v) is 4.45. The van der Waals surface area contributed by atoms with E-state index in [4.69, 9.17) is 0 Å².